The Morgan fingerprint density at radius 1 is 0.415 bits per heavy atom. The maximum atomic E-state index is 5.17. The number of benzene rings is 7. The molecule has 0 fully saturated rings. The molecule has 0 unspecified atom stereocenters. The minimum Gasteiger partial charge on any atom is -0.144 e. The summed E-state index contributed by atoms with van der Waals surface area (Å²) < 4.78 is 0. The minimum absolute atomic E-state index is 0.152. The zero-order valence-electron chi connectivity index (χ0n) is 22.3. The van der Waals surface area contributed by atoms with Crippen LogP contribution in [-0.2, 0) is 0 Å². The van der Waals surface area contributed by atoms with Gasteiger partial charge in [-0.2, -0.15) is 0 Å². The number of hydrogen-bond donors (Lipinski definition) is 1. The SMILES string of the molecule is Sc1cc(-c2c3ccccc3c(-c3ccccc3)c3ccccc23)ccc1B1c2ccccc2Sc2ccccc21. The fourth-order valence-electron chi connectivity index (χ4n) is 6.54. The van der Waals surface area contributed by atoms with Gasteiger partial charge in [-0.15, -0.1) is 12.6 Å². The van der Waals surface area contributed by atoms with Crippen molar-refractivity contribution in [1.82, 2.24) is 0 Å². The molecule has 3 heteroatoms. The predicted molar refractivity (Wildman–Crippen MR) is 181 cm³/mol. The van der Waals surface area contributed by atoms with Gasteiger partial charge in [0, 0.05) is 9.79 Å². The highest BCUT2D eigenvalue weighted by Gasteiger charge is 2.32. The lowest BCUT2D eigenvalue weighted by Gasteiger charge is -2.27. The average Bonchev–Trinajstić information content (AvgIpc) is 3.03. The van der Waals surface area contributed by atoms with E-state index >= 15 is 0 Å². The van der Waals surface area contributed by atoms with Crippen molar-refractivity contribution in [2.45, 2.75) is 14.7 Å². The quantitative estimate of drug-likeness (QED) is 0.129. The summed E-state index contributed by atoms with van der Waals surface area (Å²) in [6.07, 6.45) is 0. The van der Waals surface area contributed by atoms with Crippen molar-refractivity contribution in [1.29, 1.82) is 0 Å². The summed E-state index contributed by atoms with van der Waals surface area (Å²) >= 11 is 7.03. The molecule has 7 aromatic rings. The molecule has 0 saturated carbocycles. The van der Waals surface area contributed by atoms with Crippen molar-refractivity contribution >= 4 is 69.0 Å². The first kappa shape index (κ1) is 24.6. The lowest BCUT2D eigenvalue weighted by atomic mass is 9.36. The highest BCUT2D eigenvalue weighted by atomic mass is 32.2. The van der Waals surface area contributed by atoms with Gasteiger partial charge in [0.15, 0.2) is 0 Å². The van der Waals surface area contributed by atoms with Crippen LogP contribution in [0.1, 0.15) is 0 Å². The Morgan fingerprint density at radius 3 is 1.41 bits per heavy atom. The zero-order valence-corrected chi connectivity index (χ0v) is 24.0. The van der Waals surface area contributed by atoms with E-state index in [0.717, 1.165) is 4.90 Å². The predicted octanol–water partition coefficient (Wildman–Crippen LogP) is 8.60. The third-order valence-electron chi connectivity index (χ3n) is 8.30. The molecule has 8 rings (SSSR count). The van der Waals surface area contributed by atoms with Crippen LogP contribution in [0, 0.1) is 0 Å². The Labute approximate surface area is 250 Å². The molecular formula is C38H25BS2. The standard InChI is InChI=1S/C38H25BS2/c40-34-24-26(22-23-31(34)39-32-18-8-10-20-35(32)41-36-21-11-9-19-33(36)39)38-29-16-6-4-14-27(29)37(25-12-2-1-3-13-25)28-15-5-7-17-30(28)38/h1-24,40H. The van der Waals surface area contributed by atoms with E-state index < -0.39 is 0 Å². The summed E-state index contributed by atoms with van der Waals surface area (Å²) in [5, 5.41) is 5.05. The Hall–Kier alpha value is -4.18. The minimum atomic E-state index is 0.152. The van der Waals surface area contributed by atoms with Crippen LogP contribution in [0.5, 0.6) is 0 Å². The third kappa shape index (κ3) is 4.03. The van der Waals surface area contributed by atoms with E-state index in [1.807, 2.05) is 11.8 Å². The van der Waals surface area contributed by atoms with Crippen molar-refractivity contribution in [3.63, 3.8) is 0 Å². The molecular weight excluding hydrogens is 531 g/mol. The highest BCUT2D eigenvalue weighted by Crippen LogP contribution is 2.43. The molecule has 0 amide bonds. The number of hydrogen-bond acceptors (Lipinski definition) is 2. The Kier molecular flexibility index (Phi) is 6.02. The second kappa shape index (κ2) is 10.0. The smallest absolute Gasteiger partial charge is 0.144 e. The van der Waals surface area contributed by atoms with Gasteiger partial charge < -0.3 is 0 Å². The first-order valence-corrected chi connectivity index (χ1v) is 15.2. The molecule has 0 aromatic heterocycles. The van der Waals surface area contributed by atoms with Gasteiger partial charge >= 0.3 is 0 Å². The topological polar surface area (TPSA) is 0 Å². The summed E-state index contributed by atoms with van der Waals surface area (Å²) in [5.74, 6) is 0. The molecule has 1 heterocycles. The number of fused-ring (bicyclic) bond motifs is 4. The second-order valence-corrected chi connectivity index (χ2v) is 12.2. The van der Waals surface area contributed by atoms with Gasteiger partial charge in [-0.3, -0.25) is 0 Å². The molecule has 41 heavy (non-hydrogen) atoms. The molecule has 192 valence electrons. The monoisotopic (exact) mass is 556 g/mol. The summed E-state index contributed by atoms with van der Waals surface area (Å²) in [4.78, 5) is 3.66. The van der Waals surface area contributed by atoms with Crippen molar-refractivity contribution in [2.24, 2.45) is 0 Å². The summed E-state index contributed by atoms with van der Waals surface area (Å²) in [5.41, 5.74) is 8.92. The van der Waals surface area contributed by atoms with E-state index in [2.05, 4.69) is 146 Å². The van der Waals surface area contributed by atoms with Gasteiger partial charge in [0.05, 0.1) is 0 Å². The van der Waals surface area contributed by atoms with E-state index in [-0.39, 0.29) is 6.71 Å². The van der Waals surface area contributed by atoms with E-state index in [4.69, 9.17) is 12.6 Å². The number of thiol groups is 1. The van der Waals surface area contributed by atoms with Gasteiger partial charge in [0.1, 0.15) is 0 Å². The van der Waals surface area contributed by atoms with E-state index in [1.54, 1.807) is 0 Å². The summed E-state index contributed by atoms with van der Waals surface area (Å²) in [6.45, 7) is 0.152. The lowest BCUT2D eigenvalue weighted by Crippen LogP contribution is -2.55. The Balaban J connectivity index is 1.36. The molecule has 1 aliphatic rings. The molecule has 0 spiro atoms. The fraction of sp³-hybridized carbons (Fsp3) is 0. The van der Waals surface area contributed by atoms with Crippen LogP contribution >= 0.6 is 24.4 Å². The molecule has 0 atom stereocenters. The Bertz CT molecular complexity index is 2000. The van der Waals surface area contributed by atoms with E-state index in [1.165, 1.54) is 70.0 Å². The zero-order chi connectivity index (χ0) is 27.3. The van der Waals surface area contributed by atoms with Crippen molar-refractivity contribution < 1.29 is 0 Å². The highest BCUT2D eigenvalue weighted by molar-refractivity contribution is 8.00. The molecule has 1 aliphatic heterocycles. The fourth-order valence-corrected chi connectivity index (χ4v) is 8.02. The third-order valence-corrected chi connectivity index (χ3v) is 9.87. The van der Waals surface area contributed by atoms with Crippen LogP contribution in [0.4, 0.5) is 0 Å². The molecule has 0 nitrogen and oxygen atoms in total. The van der Waals surface area contributed by atoms with Gasteiger partial charge in [-0.25, -0.2) is 0 Å². The van der Waals surface area contributed by atoms with Crippen molar-refractivity contribution in [3.8, 4) is 22.3 Å². The molecule has 0 aliphatic carbocycles. The first-order valence-electron chi connectivity index (χ1n) is 14.0. The van der Waals surface area contributed by atoms with Crippen LogP contribution in [-0.4, -0.2) is 6.71 Å². The summed E-state index contributed by atoms with van der Waals surface area (Å²) in [7, 11) is 0. The van der Waals surface area contributed by atoms with Crippen molar-refractivity contribution in [3.05, 3.63) is 146 Å². The maximum absolute atomic E-state index is 5.17. The van der Waals surface area contributed by atoms with E-state index in [9.17, 15) is 0 Å². The molecule has 7 aromatic carbocycles. The van der Waals surface area contributed by atoms with Gasteiger partial charge in [-0.1, -0.05) is 156 Å². The van der Waals surface area contributed by atoms with Crippen LogP contribution in [0.15, 0.2) is 160 Å². The molecule has 0 saturated heterocycles. The maximum Gasteiger partial charge on any atom is 0.245 e. The van der Waals surface area contributed by atoms with E-state index in [0.29, 0.717) is 0 Å². The Morgan fingerprint density at radius 2 is 0.878 bits per heavy atom. The van der Waals surface area contributed by atoms with Crippen molar-refractivity contribution in [2.75, 3.05) is 0 Å². The first-order chi connectivity index (χ1) is 20.3. The largest absolute Gasteiger partial charge is 0.245 e. The second-order valence-electron chi connectivity index (χ2n) is 10.6. The average molecular weight is 557 g/mol. The van der Waals surface area contributed by atoms with Gasteiger partial charge in [0.2, 0.25) is 6.71 Å². The molecule has 0 radical (unpaired) electrons. The van der Waals surface area contributed by atoms with Crippen LogP contribution in [0.25, 0.3) is 43.8 Å². The summed E-state index contributed by atoms with van der Waals surface area (Å²) in [6, 6.07) is 52.9. The normalized spacial score (nSPS) is 12.4. The lowest BCUT2D eigenvalue weighted by molar-refractivity contribution is 1.42. The van der Waals surface area contributed by atoms with Crippen LogP contribution in [0.3, 0.4) is 0 Å². The van der Waals surface area contributed by atoms with Crippen LogP contribution < -0.4 is 16.4 Å². The number of rotatable bonds is 3. The molecule has 0 N–H and O–H groups in total. The van der Waals surface area contributed by atoms with Crippen LogP contribution in [0.2, 0.25) is 0 Å². The van der Waals surface area contributed by atoms with Gasteiger partial charge in [-0.05, 0) is 66.9 Å². The van der Waals surface area contributed by atoms with Gasteiger partial charge in [0.25, 0.3) is 0 Å². The molecule has 0 bridgehead atoms.